The maximum absolute atomic E-state index is 10.4. The highest BCUT2D eigenvalue weighted by atomic mass is 16.5. The number of rotatable bonds is 5. The van der Waals surface area contributed by atoms with Gasteiger partial charge in [0.2, 0.25) is 0 Å². The second kappa shape index (κ2) is 5.19. The van der Waals surface area contributed by atoms with Crippen molar-refractivity contribution >= 4 is 5.97 Å². The fourth-order valence-corrected chi connectivity index (χ4v) is 1.67. The van der Waals surface area contributed by atoms with E-state index in [1.54, 1.807) is 0 Å². The summed E-state index contributed by atoms with van der Waals surface area (Å²) in [4.78, 5) is 12.4. The molecule has 1 unspecified atom stereocenters. The summed E-state index contributed by atoms with van der Waals surface area (Å²) in [6.45, 7) is 5.42. The zero-order chi connectivity index (χ0) is 9.68. The first-order chi connectivity index (χ1) is 6.22. The van der Waals surface area contributed by atoms with Crippen LogP contribution in [-0.2, 0) is 9.53 Å². The number of aliphatic carboxylic acids is 1. The maximum atomic E-state index is 10.4. The Morgan fingerprint density at radius 3 is 3.08 bits per heavy atom. The summed E-state index contributed by atoms with van der Waals surface area (Å²) in [6.07, 6.45) is 1.06. The Kier molecular flexibility index (Phi) is 4.18. The zero-order valence-corrected chi connectivity index (χ0v) is 8.03. The monoisotopic (exact) mass is 187 g/mol. The Morgan fingerprint density at radius 2 is 2.46 bits per heavy atom. The van der Waals surface area contributed by atoms with Crippen LogP contribution < -0.4 is 0 Å². The van der Waals surface area contributed by atoms with E-state index in [4.69, 9.17) is 9.84 Å². The highest BCUT2D eigenvalue weighted by molar-refractivity contribution is 5.69. The summed E-state index contributed by atoms with van der Waals surface area (Å²) >= 11 is 0. The summed E-state index contributed by atoms with van der Waals surface area (Å²) < 4.78 is 5.30. The fraction of sp³-hybridized carbons (Fsp3) is 0.889. The van der Waals surface area contributed by atoms with Gasteiger partial charge in [0, 0.05) is 13.2 Å². The van der Waals surface area contributed by atoms with Gasteiger partial charge >= 0.3 is 5.97 Å². The van der Waals surface area contributed by atoms with E-state index in [0.29, 0.717) is 5.92 Å². The third kappa shape index (κ3) is 3.74. The second-order valence-corrected chi connectivity index (χ2v) is 3.44. The van der Waals surface area contributed by atoms with Gasteiger partial charge in [-0.1, -0.05) is 0 Å². The molecule has 1 N–H and O–H groups in total. The van der Waals surface area contributed by atoms with Crippen molar-refractivity contribution in [3.05, 3.63) is 0 Å². The quantitative estimate of drug-likeness (QED) is 0.678. The van der Waals surface area contributed by atoms with Crippen molar-refractivity contribution in [3.63, 3.8) is 0 Å². The van der Waals surface area contributed by atoms with Crippen molar-refractivity contribution in [1.82, 2.24) is 4.90 Å². The summed E-state index contributed by atoms with van der Waals surface area (Å²) in [6, 6.07) is 0. The number of hydrogen-bond donors (Lipinski definition) is 1. The van der Waals surface area contributed by atoms with E-state index in [9.17, 15) is 4.79 Å². The van der Waals surface area contributed by atoms with Crippen molar-refractivity contribution < 1.29 is 14.6 Å². The Morgan fingerprint density at radius 1 is 1.69 bits per heavy atom. The van der Waals surface area contributed by atoms with Crippen LogP contribution in [0.4, 0.5) is 0 Å². The Bertz CT molecular complexity index is 172. The van der Waals surface area contributed by atoms with Crippen LogP contribution in [0.3, 0.4) is 0 Å². The molecule has 1 heterocycles. The number of hydrogen-bond acceptors (Lipinski definition) is 3. The first-order valence-electron chi connectivity index (χ1n) is 4.74. The topological polar surface area (TPSA) is 49.8 Å². The molecule has 0 bridgehead atoms. The standard InChI is InChI=1S/C9H17NO3/c1-2-13-7-8-3-4-10(5-8)6-9(11)12/h8H,2-7H2,1H3,(H,11,12). The Balaban J connectivity index is 2.16. The first-order valence-corrected chi connectivity index (χ1v) is 4.74. The molecule has 1 rings (SSSR count). The van der Waals surface area contributed by atoms with Gasteiger partial charge in [-0.15, -0.1) is 0 Å². The zero-order valence-electron chi connectivity index (χ0n) is 8.03. The predicted octanol–water partition coefficient (Wildman–Crippen LogP) is 0.429. The normalized spacial score (nSPS) is 23.6. The molecule has 0 aromatic carbocycles. The average molecular weight is 187 g/mol. The van der Waals surface area contributed by atoms with Gasteiger partial charge in [0.05, 0.1) is 13.2 Å². The number of carboxylic acid groups (broad SMARTS) is 1. The van der Waals surface area contributed by atoms with Crippen molar-refractivity contribution in [2.75, 3.05) is 32.8 Å². The lowest BCUT2D eigenvalue weighted by atomic mass is 10.1. The molecule has 76 valence electrons. The lowest BCUT2D eigenvalue weighted by molar-refractivity contribution is -0.138. The van der Waals surface area contributed by atoms with Crippen LogP contribution in [0.5, 0.6) is 0 Å². The molecule has 1 aliphatic heterocycles. The first kappa shape index (κ1) is 10.5. The maximum Gasteiger partial charge on any atom is 0.317 e. The molecule has 4 heteroatoms. The number of ether oxygens (including phenoxy) is 1. The van der Waals surface area contributed by atoms with E-state index in [0.717, 1.165) is 32.7 Å². The third-order valence-electron chi connectivity index (χ3n) is 2.29. The average Bonchev–Trinajstić information content (AvgIpc) is 2.48. The molecule has 0 aromatic rings. The summed E-state index contributed by atoms with van der Waals surface area (Å²) in [5, 5.41) is 8.56. The molecule has 0 amide bonds. The molecule has 4 nitrogen and oxygen atoms in total. The van der Waals surface area contributed by atoms with Crippen molar-refractivity contribution in [1.29, 1.82) is 0 Å². The summed E-state index contributed by atoms with van der Waals surface area (Å²) in [5.41, 5.74) is 0. The molecule has 0 saturated carbocycles. The largest absolute Gasteiger partial charge is 0.480 e. The molecular weight excluding hydrogens is 170 g/mol. The van der Waals surface area contributed by atoms with Crippen LogP contribution in [0, 0.1) is 5.92 Å². The summed E-state index contributed by atoms with van der Waals surface area (Å²) in [5.74, 6) is -0.212. The molecule has 0 aromatic heterocycles. The molecule has 0 spiro atoms. The molecule has 1 saturated heterocycles. The van der Waals surface area contributed by atoms with Gasteiger partial charge in [-0.25, -0.2) is 0 Å². The van der Waals surface area contributed by atoms with Crippen molar-refractivity contribution in [2.24, 2.45) is 5.92 Å². The number of carbonyl (C=O) groups is 1. The minimum absolute atomic E-state index is 0.169. The van der Waals surface area contributed by atoms with E-state index in [2.05, 4.69) is 0 Å². The molecule has 13 heavy (non-hydrogen) atoms. The highest BCUT2D eigenvalue weighted by Gasteiger charge is 2.23. The number of carboxylic acids is 1. The second-order valence-electron chi connectivity index (χ2n) is 3.44. The van der Waals surface area contributed by atoms with Gasteiger partial charge in [-0.05, 0) is 25.8 Å². The lowest BCUT2D eigenvalue weighted by Crippen LogP contribution is -2.28. The third-order valence-corrected chi connectivity index (χ3v) is 2.29. The van der Waals surface area contributed by atoms with Crippen LogP contribution in [-0.4, -0.2) is 48.8 Å². The fourth-order valence-electron chi connectivity index (χ4n) is 1.67. The Labute approximate surface area is 78.5 Å². The van der Waals surface area contributed by atoms with Gasteiger partial charge in [-0.2, -0.15) is 0 Å². The van der Waals surface area contributed by atoms with Crippen LogP contribution >= 0.6 is 0 Å². The van der Waals surface area contributed by atoms with E-state index in [1.165, 1.54) is 0 Å². The predicted molar refractivity (Wildman–Crippen MR) is 48.7 cm³/mol. The molecule has 0 aliphatic carbocycles. The molecule has 1 aliphatic rings. The van der Waals surface area contributed by atoms with E-state index in [-0.39, 0.29) is 6.54 Å². The molecule has 1 atom stereocenters. The molecule has 1 fully saturated rings. The number of nitrogens with zero attached hydrogens (tertiary/aromatic N) is 1. The lowest BCUT2D eigenvalue weighted by Gasteiger charge is -2.12. The Hall–Kier alpha value is -0.610. The van der Waals surface area contributed by atoms with E-state index in [1.807, 2.05) is 11.8 Å². The summed E-state index contributed by atoms with van der Waals surface area (Å²) in [7, 11) is 0. The van der Waals surface area contributed by atoms with Gasteiger partial charge < -0.3 is 9.84 Å². The SMILES string of the molecule is CCOCC1CCN(CC(=O)O)C1. The molecular formula is C9H17NO3. The van der Waals surface area contributed by atoms with E-state index < -0.39 is 5.97 Å². The van der Waals surface area contributed by atoms with Gasteiger partial charge in [0.25, 0.3) is 0 Å². The minimum atomic E-state index is -0.739. The van der Waals surface area contributed by atoms with Crippen LogP contribution in [0.15, 0.2) is 0 Å². The van der Waals surface area contributed by atoms with Crippen LogP contribution in [0.25, 0.3) is 0 Å². The van der Waals surface area contributed by atoms with Crippen molar-refractivity contribution in [2.45, 2.75) is 13.3 Å². The van der Waals surface area contributed by atoms with E-state index >= 15 is 0 Å². The van der Waals surface area contributed by atoms with Crippen molar-refractivity contribution in [3.8, 4) is 0 Å². The van der Waals surface area contributed by atoms with Crippen LogP contribution in [0.1, 0.15) is 13.3 Å². The molecule has 0 radical (unpaired) electrons. The highest BCUT2D eigenvalue weighted by Crippen LogP contribution is 2.15. The minimum Gasteiger partial charge on any atom is -0.480 e. The van der Waals surface area contributed by atoms with Crippen LogP contribution in [0.2, 0.25) is 0 Å². The smallest absolute Gasteiger partial charge is 0.317 e. The van der Waals surface area contributed by atoms with Gasteiger partial charge in [-0.3, -0.25) is 9.69 Å². The van der Waals surface area contributed by atoms with Gasteiger partial charge in [0.1, 0.15) is 0 Å². The van der Waals surface area contributed by atoms with Gasteiger partial charge in [0.15, 0.2) is 0 Å². The number of likely N-dealkylation sites (tertiary alicyclic amines) is 1.